The third kappa shape index (κ3) is 8.45. The van der Waals surface area contributed by atoms with E-state index in [4.69, 9.17) is 0 Å². The van der Waals surface area contributed by atoms with E-state index < -0.39 is 12.1 Å². The number of hydrogen-bond acceptors (Lipinski definition) is 3. The van der Waals surface area contributed by atoms with Crippen molar-refractivity contribution in [3.63, 3.8) is 0 Å². The van der Waals surface area contributed by atoms with Crippen LogP contribution in [-0.2, 0) is 9.53 Å². The van der Waals surface area contributed by atoms with Crippen molar-refractivity contribution in [2.45, 2.75) is 45.2 Å². The molecule has 1 atom stereocenters. The van der Waals surface area contributed by atoms with Gasteiger partial charge in [0.25, 0.3) is 0 Å². The molecular formula is C17H24F2N2O3. The Morgan fingerprint density at radius 1 is 1.12 bits per heavy atom. The molecule has 0 aliphatic carbocycles. The minimum Gasteiger partial charge on any atom is -0.464 e. The van der Waals surface area contributed by atoms with E-state index >= 15 is 0 Å². The highest BCUT2D eigenvalue weighted by molar-refractivity contribution is 5.89. The molecule has 1 unspecified atom stereocenters. The van der Waals surface area contributed by atoms with Crippen molar-refractivity contribution in [1.82, 2.24) is 5.32 Å². The maximum Gasteiger partial charge on any atom is 0.340 e. The quantitative estimate of drug-likeness (QED) is 0.502. The number of urea groups is 1. The molecule has 0 bridgehead atoms. The van der Waals surface area contributed by atoms with Crippen LogP contribution in [0.2, 0.25) is 0 Å². The number of alkyl halides is 1. The number of hydrogen-bond donors (Lipinski definition) is 2. The molecule has 24 heavy (non-hydrogen) atoms. The number of halogens is 2. The molecule has 2 amide bonds. The normalized spacial score (nSPS) is 11.6. The Morgan fingerprint density at radius 2 is 1.79 bits per heavy atom. The van der Waals surface area contributed by atoms with Crippen LogP contribution in [0.3, 0.4) is 0 Å². The summed E-state index contributed by atoms with van der Waals surface area (Å²) in [6, 6.07) is 5.14. The fraction of sp³-hybridized carbons (Fsp3) is 0.529. The van der Waals surface area contributed by atoms with Crippen LogP contribution in [0.5, 0.6) is 0 Å². The molecule has 0 saturated carbocycles. The van der Waals surface area contributed by atoms with Crippen LogP contribution in [0.4, 0.5) is 19.3 Å². The van der Waals surface area contributed by atoms with Gasteiger partial charge in [0.1, 0.15) is 5.82 Å². The number of amides is 2. The van der Waals surface area contributed by atoms with Gasteiger partial charge in [-0.15, -0.1) is 0 Å². The first-order valence-electron chi connectivity index (χ1n) is 8.14. The van der Waals surface area contributed by atoms with Gasteiger partial charge >= 0.3 is 12.0 Å². The smallest absolute Gasteiger partial charge is 0.340 e. The average Bonchev–Trinajstić information content (AvgIpc) is 2.56. The summed E-state index contributed by atoms with van der Waals surface area (Å²) in [4.78, 5) is 22.7. The number of benzene rings is 1. The van der Waals surface area contributed by atoms with E-state index in [0.717, 1.165) is 19.3 Å². The van der Waals surface area contributed by atoms with E-state index in [1.807, 2.05) is 0 Å². The molecule has 7 heteroatoms. The Balaban J connectivity index is 2.02. The Morgan fingerprint density at radius 3 is 2.46 bits per heavy atom. The van der Waals surface area contributed by atoms with Crippen LogP contribution >= 0.6 is 0 Å². The number of ether oxygens (including phenoxy) is 1. The van der Waals surface area contributed by atoms with Crippen molar-refractivity contribution in [2.24, 2.45) is 0 Å². The Hall–Kier alpha value is -2.18. The molecule has 1 aromatic rings. The van der Waals surface area contributed by atoms with Gasteiger partial charge in [-0.25, -0.2) is 18.4 Å². The Bertz CT molecular complexity index is 509. The lowest BCUT2D eigenvalue weighted by Crippen LogP contribution is -2.29. The number of anilines is 1. The molecule has 0 heterocycles. The first kappa shape index (κ1) is 19.9. The van der Waals surface area contributed by atoms with E-state index in [1.54, 1.807) is 6.92 Å². The molecule has 1 aromatic carbocycles. The predicted octanol–water partition coefficient (Wildman–Crippen LogP) is 3.80. The van der Waals surface area contributed by atoms with Crippen molar-refractivity contribution in [2.75, 3.05) is 18.5 Å². The van der Waals surface area contributed by atoms with Gasteiger partial charge in [0.05, 0.1) is 6.61 Å². The molecule has 0 fully saturated rings. The third-order valence-corrected chi connectivity index (χ3v) is 3.31. The molecule has 5 nitrogen and oxygen atoms in total. The van der Waals surface area contributed by atoms with E-state index in [1.165, 1.54) is 24.3 Å². The topological polar surface area (TPSA) is 67.4 Å². The highest BCUT2D eigenvalue weighted by atomic mass is 19.1. The number of carbonyl (C=O) groups is 2. The molecule has 134 valence electrons. The summed E-state index contributed by atoms with van der Waals surface area (Å²) < 4.78 is 30.7. The summed E-state index contributed by atoms with van der Waals surface area (Å²) >= 11 is 0. The SMILES string of the molecule is CCOC(=O)C(F)CCCCCCNC(=O)Nc1ccc(F)cc1. The maximum atomic E-state index is 13.3. The van der Waals surface area contributed by atoms with Crippen LogP contribution in [0, 0.1) is 5.82 Å². The van der Waals surface area contributed by atoms with Crippen LogP contribution < -0.4 is 10.6 Å². The highest BCUT2D eigenvalue weighted by Crippen LogP contribution is 2.10. The first-order valence-corrected chi connectivity index (χ1v) is 8.14. The van der Waals surface area contributed by atoms with Crippen molar-refractivity contribution in [3.8, 4) is 0 Å². The lowest BCUT2D eigenvalue weighted by atomic mass is 10.1. The van der Waals surface area contributed by atoms with Crippen molar-refractivity contribution < 1.29 is 23.1 Å². The monoisotopic (exact) mass is 342 g/mol. The van der Waals surface area contributed by atoms with Crippen molar-refractivity contribution in [1.29, 1.82) is 0 Å². The van der Waals surface area contributed by atoms with Crippen molar-refractivity contribution >= 4 is 17.7 Å². The fourth-order valence-corrected chi connectivity index (χ4v) is 2.06. The summed E-state index contributed by atoms with van der Waals surface area (Å²) in [7, 11) is 0. The lowest BCUT2D eigenvalue weighted by Gasteiger charge is -2.08. The second kappa shape index (κ2) is 11.4. The Labute approximate surface area is 140 Å². The zero-order chi connectivity index (χ0) is 17.8. The summed E-state index contributed by atoms with van der Waals surface area (Å²) in [5.41, 5.74) is 0.516. The minimum absolute atomic E-state index is 0.164. The van der Waals surface area contributed by atoms with E-state index in [2.05, 4.69) is 15.4 Å². The predicted molar refractivity (Wildman–Crippen MR) is 88.0 cm³/mol. The minimum atomic E-state index is -1.55. The van der Waals surface area contributed by atoms with Gasteiger partial charge < -0.3 is 15.4 Å². The number of unbranched alkanes of at least 4 members (excludes halogenated alkanes) is 3. The van der Waals surface area contributed by atoms with E-state index in [0.29, 0.717) is 18.7 Å². The second-order valence-corrected chi connectivity index (χ2v) is 5.31. The molecule has 0 aromatic heterocycles. The zero-order valence-corrected chi connectivity index (χ0v) is 13.8. The molecule has 0 aliphatic rings. The third-order valence-electron chi connectivity index (χ3n) is 3.31. The van der Waals surface area contributed by atoms with Crippen LogP contribution in [-0.4, -0.2) is 31.3 Å². The van der Waals surface area contributed by atoms with Gasteiger partial charge in [0.15, 0.2) is 6.17 Å². The molecule has 0 radical (unpaired) electrons. The largest absolute Gasteiger partial charge is 0.464 e. The van der Waals surface area contributed by atoms with E-state index in [9.17, 15) is 18.4 Å². The van der Waals surface area contributed by atoms with Crippen LogP contribution in [0.15, 0.2) is 24.3 Å². The van der Waals surface area contributed by atoms with Crippen molar-refractivity contribution in [3.05, 3.63) is 30.1 Å². The van der Waals surface area contributed by atoms with Crippen LogP contribution in [0.25, 0.3) is 0 Å². The van der Waals surface area contributed by atoms with Gasteiger partial charge in [-0.2, -0.15) is 0 Å². The van der Waals surface area contributed by atoms with Gasteiger partial charge in [-0.1, -0.05) is 12.8 Å². The molecule has 0 aliphatic heterocycles. The van der Waals surface area contributed by atoms with Gasteiger partial charge in [0, 0.05) is 12.2 Å². The fourth-order valence-electron chi connectivity index (χ4n) is 2.06. The number of nitrogens with one attached hydrogen (secondary N) is 2. The molecule has 0 spiro atoms. The summed E-state index contributed by atoms with van der Waals surface area (Å²) in [6.07, 6.45) is 1.57. The highest BCUT2D eigenvalue weighted by Gasteiger charge is 2.17. The number of rotatable bonds is 10. The zero-order valence-electron chi connectivity index (χ0n) is 13.8. The van der Waals surface area contributed by atoms with Crippen LogP contribution in [0.1, 0.15) is 39.0 Å². The van der Waals surface area contributed by atoms with Gasteiger partial charge in [0.2, 0.25) is 0 Å². The van der Waals surface area contributed by atoms with Gasteiger partial charge in [-0.3, -0.25) is 0 Å². The molecule has 1 rings (SSSR count). The molecule has 2 N–H and O–H groups in total. The molecular weight excluding hydrogens is 318 g/mol. The number of carbonyl (C=O) groups excluding carboxylic acids is 2. The summed E-state index contributed by atoms with van der Waals surface area (Å²) in [6.45, 7) is 2.32. The average molecular weight is 342 g/mol. The molecule has 0 saturated heterocycles. The summed E-state index contributed by atoms with van der Waals surface area (Å²) in [5.74, 6) is -1.16. The maximum absolute atomic E-state index is 13.3. The van der Waals surface area contributed by atoms with Gasteiger partial charge in [-0.05, 0) is 50.5 Å². The lowest BCUT2D eigenvalue weighted by molar-refractivity contribution is -0.149. The standard InChI is InChI=1S/C17H24F2N2O3/c1-2-24-16(22)15(19)7-5-3-4-6-12-20-17(23)21-14-10-8-13(18)9-11-14/h8-11,15H,2-7,12H2,1H3,(H2,20,21,23). The second-order valence-electron chi connectivity index (χ2n) is 5.31. The summed E-state index contributed by atoms with van der Waals surface area (Å²) in [5, 5.41) is 5.28. The number of esters is 1. The Kier molecular flexibility index (Phi) is 9.41. The first-order chi connectivity index (χ1) is 11.5. The van der Waals surface area contributed by atoms with E-state index in [-0.39, 0.29) is 24.9 Å².